The van der Waals surface area contributed by atoms with Gasteiger partial charge in [-0.1, -0.05) is 0 Å². The van der Waals surface area contributed by atoms with Gasteiger partial charge in [0.1, 0.15) is 5.75 Å². The number of aromatic carboxylic acids is 1. The number of rotatable bonds is 2. The molecule has 14 heavy (non-hydrogen) atoms. The monoisotopic (exact) mass is 195 g/mol. The summed E-state index contributed by atoms with van der Waals surface area (Å²) < 4.78 is 5.10. The van der Waals surface area contributed by atoms with Gasteiger partial charge in [0, 0.05) is 11.3 Å². The summed E-state index contributed by atoms with van der Waals surface area (Å²) in [7, 11) is 1.51. The van der Waals surface area contributed by atoms with Crippen LogP contribution in [0.5, 0.6) is 5.75 Å². The number of methoxy groups -OCH3 is 1. The van der Waals surface area contributed by atoms with Crippen molar-refractivity contribution in [3.05, 3.63) is 22.8 Å². The fourth-order valence-corrected chi connectivity index (χ4v) is 1.59. The van der Waals surface area contributed by atoms with Crippen LogP contribution in [0, 0.1) is 13.8 Å². The molecule has 1 rings (SSSR count). The summed E-state index contributed by atoms with van der Waals surface area (Å²) in [5.74, 6) is -0.449. The number of anilines is 1. The van der Waals surface area contributed by atoms with Gasteiger partial charge in [-0.3, -0.25) is 0 Å². The SMILES string of the molecule is COc1c(C)cc(N)c(C(=O)O)c1C. The molecule has 1 aromatic carbocycles. The molecule has 0 radical (unpaired) electrons. The molecule has 3 N–H and O–H groups in total. The van der Waals surface area contributed by atoms with Crippen LogP contribution in [0.15, 0.2) is 6.07 Å². The molecular weight excluding hydrogens is 182 g/mol. The van der Waals surface area contributed by atoms with Crippen molar-refractivity contribution in [2.75, 3.05) is 12.8 Å². The largest absolute Gasteiger partial charge is 0.496 e. The predicted octanol–water partition coefficient (Wildman–Crippen LogP) is 1.59. The fourth-order valence-electron chi connectivity index (χ4n) is 1.59. The minimum absolute atomic E-state index is 0.118. The van der Waals surface area contributed by atoms with Crippen molar-refractivity contribution in [1.29, 1.82) is 0 Å². The van der Waals surface area contributed by atoms with Crippen LogP contribution in [0.25, 0.3) is 0 Å². The Hall–Kier alpha value is -1.71. The second-order valence-electron chi connectivity index (χ2n) is 3.12. The summed E-state index contributed by atoms with van der Waals surface area (Å²) in [6.07, 6.45) is 0. The summed E-state index contributed by atoms with van der Waals surface area (Å²) in [6.45, 7) is 3.51. The Bertz CT molecular complexity index is 385. The first-order chi connectivity index (χ1) is 6.49. The van der Waals surface area contributed by atoms with Gasteiger partial charge in [-0.2, -0.15) is 0 Å². The van der Waals surface area contributed by atoms with E-state index in [2.05, 4.69) is 0 Å². The van der Waals surface area contributed by atoms with Crippen molar-refractivity contribution in [2.24, 2.45) is 0 Å². The van der Waals surface area contributed by atoms with E-state index in [1.165, 1.54) is 7.11 Å². The van der Waals surface area contributed by atoms with Crippen LogP contribution in [0.4, 0.5) is 5.69 Å². The molecule has 0 amide bonds. The molecule has 4 heteroatoms. The lowest BCUT2D eigenvalue weighted by Crippen LogP contribution is -2.07. The lowest BCUT2D eigenvalue weighted by molar-refractivity contribution is 0.0697. The molecule has 0 aliphatic carbocycles. The van der Waals surface area contributed by atoms with Gasteiger partial charge in [-0.05, 0) is 25.5 Å². The number of ether oxygens (including phenoxy) is 1. The van der Waals surface area contributed by atoms with Crippen LogP contribution in [0.3, 0.4) is 0 Å². The molecule has 0 spiro atoms. The number of hydrogen-bond acceptors (Lipinski definition) is 3. The van der Waals surface area contributed by atoms with E-state index in [-0.39, 0.29) is 11.3 Å². The number of hydrogen-bond donors (Lipinski definition) is 2. The molecule has 4 nitrogen and oxygen atoms in total. The lowest BCUT2D eigenvalue weighted by Gasteiger charge is -2.12. The first kappa shape index (κ1) is 10.4. The third-order valence-electron chi connectivity index (χ3n) is 2.15. The first-order valence-corrected chi connectivity index (χ1v) is 4.16. The molecule has 1 aromatic rings. The lowest BCUT2D eigenvalue weighted by atomic mass is 10.0. The highest BCUT2D eigenvalue weighted by Gasteiger charge is 2.17. The summed E-state index contributed by atoms with van der Waals surface area (Å²) in [4.78, 5) is 10.9. The van der Waals surface area contributed by atoms with E-state index in [4.69, 9.17) is 15.6 Å². The number of aryl methyl sites for hydroxylation is 1. The van der Waals surface area contributed by atoms with Crippen molar-refractivity contribution in [3.8, 4) is 5.75 Å². The van der Waals surface area contributed by atoms with Crippen LogP contribution in [0.2, 0.25) is 0 Å². The van der Waals surface area contributed by atoms with Crippen LogP contribution in [-0.2, 0) is 0 Å². The zero-order valence-corrected chi connectivity index (χ0v) is 8.42. The predicted molar refractivity (Wildman–Crippen MR) is 53.8 cm³/mol. The Labute approximate surface area is 82.3 Å². The number of carboxylic acids is 1. The summed E-state index contributed by atoms with van der Waals surface area (Å²) in [5.41, 5.74) is 7.41. The molecule has 0 saturated heterocycles. The van der Waals surface area contributed by atoms with E-state index in [0.717, 1.165) is 5.56 Å². The quantitative estimate of drug-likeness (QED) is 0.703. The summed E-state index contributed by atoms with van der Waals surface area (Å²) >= 11 is 0. The molecule has 0 heterocycles. The van der Waals surface area contributed by atoms with Crippen LogP contribution in [-0.4, -0.2) is 18.2 Å². The van der Waals surface area contributed by atoms with E-state index >= 15 is 0 Å². The Morgan fingerprint density at radius 3 is 2.50 bits per heavy atom. The topological polar surface area (TPSA) is 72.5 Å². The van der Waals surface area contributed by atoms with Crippen LogP contribution < -0.4 is 10.5 Å². The van der Waals surface area contributed by atoms with E-state index in [1.807, 2.05) is 6.92 Å². The maximum atomic E-state index is 10.9. The second kappa shape index (κ2) is 3.57. The maximum Gasteiger partial charge on any atom is 0.338 e. The average Bonchev–Trinajstić information content (AvgIpc) is 2.02. The molecule has 0 aliphatic heterocycles. The molecule has 0 bridgehead atoms. The molecule has 0 aromatic heterocycles. The number of carboxylic acid groups (broad SMARTS) is 1. The molecule has 76 valence electrons. The van der Waals surface area contributed by atoms with Gasteiger partial charge in [-0.15, -0.1) is 0 Å². The molecule has 0 aliphatic rings. The van der Waals surface area contributed by atoms with Crippen molar-refractivity contribution in [1.82, 2.24) is 0 Å². The Morgan fingerprint density at radius 2 is 2.07 bits per heavy atom. The van der Waals surface area contributed by atoms with E-state index < -0.39 is 5.97 Å². The van der Waals surface area contributed by atoms with Gasteiger partial charge in [0.2, 0.25) is 0 Å². The second-order valence-corrected chi connectivity index (χ2v) is 3.12. The minimum Gasteiger partial charge on any atom is -0.496 e. The van der Waals surface area contributed by atoms with Crippen molar-refractivity contribution in [2.45, 2.75) is 13.8 Å². The molecule has 0 fully saturated rings. The third-order valence-corrected chi connectivity index (χ3v) is 2.15. The van der Waals surface area contributed by atoms with Gasteiger partial charge in [0.15, 0.2) is 0 Å². The number of carbonyl (C=O) groups is 1. The molecular formula is C10H13NO3. The first-order valence-electron chi connectivity index (χ1n) is 4.16. The number of nitrogen functional groups attached to an aromatic ring is 1. The van der Waals surface area contributed by atoms with Gasteiger partial charge in [-0.25, -0.2) is 4.79 Å². The zero-order valence-electron chi connectivity index (χ0n) is 8.42. The molecule has 0 saturated carbocycles. The summed E-state index contributed by atoms with van der Waals surface area (Å²) in [5, 5.41) is 8.92. The van der Waals surface area contributed by atoms with Gasteiger partial charge >= 0.3 is 5.97 Å². The maximum absolute atomic E-state index is 10.9. The minimum atomic E-state index is -1.03. The highest BCUT2D eigenvalue weighted by atomic mass is 16.5. The van der Waals surface area contributed by atoms with Gasteiger partial charge < -0.3 is 15.6 Å². The Balaban J connectivity index is 3.52. The van der Waals surface area contributed by atoms with Crippen LogP contribution >= 0.6 is 0 Å². The van der Waals surface area contributed by atoms with Crippen molar-refractivity contribution >= 4 is 11.7 Å². The smallest absolute Gasteiger partial charge is 0.338 e. The van der Waals surface area contributed by atoms with E-state index in [9.17, 15) is 4.79 Å². The van der Waals surface area contributed by atoms with Gasteiger partial charge in [0.05, 0.1) is 12.7 Å². The van der Waals surface area contributed by atoms with Crippen molar-refractivity contribution < 1.29 is 14.6 Å². The third kappa shape index (κ3) is 1.51. The number of benzene rings is 1. The Morgan fingerprint density at radius 1 is 1.50 bits per heavy atom. The standard InChI is InChI=1S/C10H13NO3/c1-5-4-7(11)8(10(12)13)6(2)9(5)14-3/h4H,11H2,1-3H3,(H,12,13). The van der Waals surface area contributed by atoms with E-state index in [1.54, 1.807) is 13.0 Å². The molecule has 0 atom stereocenters. The number of nitrogens with two attached hydrogens (primary N) is 1. The van der Waals surface area contributed by atoms with Crippen molar-refractivity contribution in [3.63, 3.8) is 0 Å². The highest BCUT2D eigenvalue weighted by molar-refractivity contribution is 5.96. The van der Waals surface area contributed by atoms with E-state index in [0.29, 0.717) is 11.3 Å². The highest BCUT2D eigenvalue weighted by Crippen LogP contribution is 2.30. The van der Waals surface area contributed by atoms with Gasteiger partial charge in [0.25, 0.3) is 0 Å². The fraction of sp³-hybridized carbons (Fsp3) is 0.300. The van der Waals surface area contributed by atoms with Crippen LogP contribution in [0.1, 0.15) is 21.5 Å². The zero-order chi connectivity index (χ0) is 10.9. The average molecular weight is 195 g/mol. The summed E-state index contributed by atoms with van der Waals surface area (Å²) in [6, 6.07) is 1.61. The normalized spacial score (nSPS) is 9.93. The molecule has 0 unspecified atom stereocenters. The Kier molecular flexibility index (Phi) is 2.65.